The van der Waals surface area contributed by atoms with Gasteiger partial charge < -0.3 is 8.83 Å². The molecule has 0 fully saturated rings. The quantitative estimate of drug-likeness (QED) is 0.225. The Morgan fingerprint density at radius 3 is 1.36 bits per heavy atom. The lowest BCUT2D eigenvalue weighted by Gasteiger charge is -2.18. The molecule has 0 saturated carbocycles. The van der Waals surface area contributed by atoms with Crippen molar-refractivity contribution in [2.24, 2.45) is 0 Å². The van der Waals surface area contributed by atoms with E-state index in [1.54, 1.807) is 18.2 Å². The summed E-state index contributed by atoms with van der Waals surface area (Å²) in [5.74, 6) is 0. The van der Waals surface area contributed by atoms with E-state index in [0.29, 0.717) is 16.7 Å². The monoisotopic (exact) mass is 536 g/mol. The maximum absolute atomic E-state index is 10.2. The predicted molar refractivity (Wildman–Crippen MR) is 167 cm³/mol. The molecule has 4 heteroatoms. The number of nitrogens with zero attached hydrogens (tertiary/aromatic N) is 2. The van der Waals surface area contributed by atoms with Crippen LogP contribution >= 0.6 is 0 Å². The van der Waals surface area contributed by atoms with Crippen molar-refractivity contribution in [1.29, 1.82) is 10.5 Å². The van der Waals surface area contributed by atoms with Crippen molar-refractivity contribution in [3.63, 3.8) is 0 Å². The smallest absolute Gasteiger partial charge is 0.135 e. The lowest BCUT2D eigenvalue weighted by Crippen LogP contribution is -1.96. The van der Waals surface area contributed by atoms with Crippen molar-refractivity contribution < 1.29 is 8.83 Å². The summed E-state index contributed by atoms with van der Waals surface area (Å²) in [6, 6.07) is 44.5. The summed E-state index contributed by atoms with van der Waals surface area (Å²) in [5.41, 5.74) is 9.45. The topological polar surface area (TPSA) is 73.9 Å². The van der Waals surface area contributed by atoms with Gasteiger partial charge >= 0.3 is 0 Å². The fourth-order valence-electron chi connectivity index (χ4n) is 6.10. The van der Waals surface area contributed by atoms with E-state index >= 15 is 0 Å². The van der Waals surface area contributed by atoms with Crippen molar-refractivity contribution in [2.75, 3.05) is 0 Å². The second kappa shape index (κ2) is 9.24. The van der Waals surface area contributed by atoms with Crippen LogP contribution in [-0.4, -0.2) is 0 Å². The fraction of sp³-hybridized carbons (Fsp3) is 0. The first-order chi connectivity index (χ1) is 20.7. The van der Waals surface area contributed by atoms with Gasteiger partial charge in [-0.3, -0.25) is 0 Å². The van der Waals surface area contributed by atoms with Crippen LogP contribution in [0.25, 0.3) is 77.3 Å². The first-order valence-corrected chi connectivity index (χ1v) is 13.6. The fourth-order valence-corrected chi connectivity index (χ4v) is 6.10. The molecule has 0 aliphatic heterocycles. The Balaban J connectivity index is 1.46. The Hall–Kier alpha value is -6.10. The number of hydrogen-bond acceptors (Lipinski definition) is 4. The molecule has 0 saturated heterocycles. The van der Waals surface area contributed by atoms with Crippen LogP contribution in [0.5, 0.6) is 0 Å². The van der Waals surface area contributed by atoms with Gasteiger partial charge in [0.1, 0.15) is 22.3 Å². The number of furan rings is 2. The summed E-state index contributed by atoms with van der Waals surface area (Å²) in [7, 11) is 0. The van der Waals surface area contributed by atoms with E-state index < -0.39 is 0 Å². The number of fused-ring (bicyclic) bond motifs is 6. The molecule has 194 valence electrons. The van der Waals surface area contributed by atoms with Crippen LogP contribution < -0.4 is 0 Å². The highest BCUT2D eigenvalue weighted by Gasteiger charge is 2.21. The van der Waals surface area contributed by atoms with Crippen molar-refractivity contribution >= 4 is 43.9 Å². The average molecular weight is 537 g/mol. The minimum absolute atomic E-state index is 0.451. The number of para-hydroxylation sites is 2. The molecule has 0 bridgehead atoms. The second-order valence-corrected chi connectivity index (χ2v) is 10.3. The Morgan fingerprint density at radius 2 is 0.857 bits per heavy atom. The number of rotatable bonds is 3. The van der Waals surface area contributed by atoms with Gasteiger partial charge in [0.2, 0.25) is 0 Å². The van der Waals surface area contributed by atoms with E-state index in [0.717, 1.165) is 71.7 Å². The second-order valence-electron chi connectivity index (χ2n) is 10.3. The van der Waals surface area contributed by atoms with Gasteiger partial charge in [-0.25, -0.2) is 0 Å². The third-order valence-corrected chi connectivity index (χ3v) is 8.00. The molecule has 2 heterocycles. The third-order valence-electron chi connectivity index (χ3n) is 8.00. The highest BCUT2D eigenvalue weighted by molar-refractivity contribution is 6.09. The molecule has 8 aromatic rings. The van der Waals surface area contributed by atoms with Crippen LogP contribution in [0.2, 0.25) is 0 Å². The SMILES string of the molecule is N#Cc1cccc(C#N)c1-c1c(-c2ccc3oc4ccccc4c3c2)cccc1-c1ccc2oc3ccccc3c2c1. The largest absolute Gasteiger partial charge is 0.456 e. The van der Waals surface area contributed by atoms with Crippen LogP contribution in [0.4, 0.5) is 0 Å². The van der Waals surface area contributed by atoms with E-state index in [4.69, 9.17) is 8.83 Å². The molecule has 0 aliphatic rings. The molecular formula is C38H20N2O2. The van der Waals surface area contributed by atoms with E-state index in [1.165, 1.54) is 0 Å². The summed E-state index contributed by atoms with van der Waals surface area (Å²) < 4.78 is 12.2. The Kier molecular flexibility index (Phi) is 5.22. The summed E-state index contributed by atoms with van der Waals surface area (Å²) in [6.07, 6.45) is 0. The van der Waals surface area contributed by atoms with Gasteiger partial charge in [0.05, 0.1) is 23.3 Å². The molecule has 0 spiro atoms. The standard InChI is InChI=1S/C38H20N2O2/c39-21-25-7-5-8-26(22-40)37(25)38-27(23-15-17-35-31(19-23)29-9-1-3-13-33(29)41-35)11-6-12-28(38)24-16-18-36-32(20-24)30-10-2-4-14-34(30)42-36/h1-20H. The van der Waals surface area contributed by atoms with Crippen LogP contribution in [0.1, 0.15) is 11.1 Å². The van der Waals surface area contributed by atoms with Gasteiger partial charge in [-0.15, -0.1) is 0 Å². The summed E-state index contributed by atoms with van der Waals surface area (Å²) >= 11 is 0. The summed E-state index contributed by atoms with van der Waals surface area (Å²) in [6.45, 7) is 0. The zero-order valence-electron chi connectivity index (χ0n) is 22.3. The third kappa shape index (κ3) is 3.53. The molecule has 0 aliphatic carbocycles. The average Bonchev–Trinajstić information content (AvgIpc) is 3.61. The Morgan fingerprint density at radius 1 is 0.405 bits per heavy atom. The molecular weight excluding hydrogens is 516 g/mol. The van der Waals surface area contributed by atoms with Crippen LogP contribution in [-0.2, 0) is 0 Å². The van der Waals surface area contributed by atoms with Gasteiger partial charge in [-0.2, -0.15) is 10.5 Å². The molecule has 0 unspecified atom stereocenters. The number of benzene rings is 6. The molecule has 0 radical (unpaired) electrons. The molecule has 0 amide bonds. The van der Waals surface area contributed by atoms with E-state index in [-0.39, 0.29) is 0 Å². The minimum atomic E-state index is 0.451. The Labute approximate surface area is 240 Å². The highest BCUT2D eigenvalue weighted by Crippen LogP contribution is 2.45. The van der Waals surface area contributed by atoms with Gasteiger partial charge in [-0.1, -0.05) is 72.8 Å². The van der Waals surface area contributed by atoms with E-state index in [9.17, 15) is 10.5 Å². The normalized spacial score (nSPS) is 11.3. The van der Waals surface area contributed by atoms with Gasteiger partial charge in [0, 0.05) is 27.1 Å². The van der Waals surface area contributed by atoms with Crippen LogP contribution in [0, 0.1) is 22.7 Å². The maximum Gasteiger partial charge on any atom is 0.135 e. The first kappa shape index (κ1) is 23.8. The van der Waals surface area contributed by atoms with Gasteiger partial charge in [-0.05, 0) is 76.3 Å². The zero-order chi connectivity index (χ0) is 28.2. The van der Waals surface area contributed by atoms with Crippen molar-refractivity contribution in [3.8, 4) is 45.5 Å². The van der Waals surface area contributed by atoms with Crippen LogP contribution in [0.3, 0.4) is 0 Å². The molecule has 0 atom stereocenters. The molecule has 4 nitrogen and oxygen atoms in total. The summed E-state index contributed by atoms with van der Waals surface area (Å²) in [4.78, 5) is 0. The maximum atomic E-state index is 10.2. The lowest BCUT2D eigenvalue weighted by molar-refractivity contribution is 0.668. The van der Waals surface area contributed by atoms with Crippen molar-refractivity contribution in [3.05, 3.63) is 132 Å². The van der Waals surface area contributed by atoms with Gasteiger partial charge in [0.15, 0.2) is 0 Å². The molecule has 8 rings (SSSR count). The number of nitriles is 2. The molecule has 42 heavy (non-hydrogen) atoms. The van der Waals surface area contributed by atoms with Crippen molar-refractivity contribution in [2.45, 2.75) is 0 Å². The van der Waals surface area contributed by atoms with Gasteiger partial charge in [0.25, 0.3) is 0 Å². The van der Waals surface area contributed by atoms with Crippen molar-refractivity contribution in [1.82, 2.24) is 0 Å². The summed E-state index contributed by atoms with van der Waals surface area (Å²) in [5, 5.41) is 24.5. The number of hydrogen-bond donors (Lipinski definition) is 0. The van der Waals surface area contributed by atoms with Crippen LogP contribution in [0.15, 0.2) is 130 Å². The molecule has 6 aromatic carbocycles. The zero-order valence-corrected chi connectivity index (χ0v) is 22.3. The minimum Gasteiger partial charge on any atom is -0.456 e. The molecule has 0 N–H and O–H groups in total. The Bertz CT molecular complexity index is 2280. The van der Waals surface area contributed by atoms with E-state index in [2.05, 4.69) is 48.5 Å². The molecule has 2 aromatic heterocycles. The lowest BCUT2D eigenvalue weighted by atomic mass is 9.83. The van der Waals surface area contributed by atoms with E-state index in [1.807, 2.05) is 66.7 Å². The highest BCUT2D eigenvalue weighted by atomic mass is 16.3. The predicted octanol–water partition coefficient (Wildman–Crippen LogP) is 10.2. The first-order valence-electron chi connectivity index (χ1n) is 13.6.